The molecule has 0 saturated carbocycles. The zero-order valence-corrected chi connectivity index (χ0v) is 15.6. The third kappa shape index (κ3) is 2.81. The van der Waals surface area contributed by atoms with Gasteiger partial charge in [0.1, 0.15) is 16.6 Å². The van der Waals surface area contributed by atoms with Gasteiger partial charge in [-0.15, -0.1) is 0 Å². The smallest absolute Gasteiger partial charge is 0.185 e. The number of carbonyl (C=O) groups is 1. The summed E-state index contributed by atoms with van der Waals surface area (Å²) in [6.45, 7) is 7.62. The van der Waals surface area contributed by atoms with Gasteiger partial charge >= 0.3 is 0 Å². The van der Waals surface area contributed by atoms with Crippen LogP contribution < -0.4 is 0 Å². The quantitative estimate of drug-likeness (QED) is 0.896. The molecule has 1 fully saturated rings. The van der Waals surface area contributed by atoms with Gasteiger partial charge in [0, 0.05) is 0 Å². The molecule has 5 heteroatoms. The number of hydrogen-bond acceptors (Lipinski definition) is 4. The van der Waals surface area contributed by atoms with Crippen molar-refractivity contribution in [1.82, 2.24) is 0 Å². The van der Waals surface area contributed by atoms with Gasteiger partial charge in [-0.05, 0) is 61.1 Å². The highest BCUT2D eigenvalue weighted by molar-refractivity contribution is 7.93. The third-order valence-electron chi connectivity index (χ3n) is 5.21. The molecule has 1 heterocycles. The van der Waals surface area contributed by atoms with E-state index < -0.39 is 32.2 Å². The zero-order valence-electron chi connectivity index (χ0n) is 14.8. The van der Waals surface area contributed by atoms with Crippen molar-refractivity contribution in [2.75, 3.05) is 0 Å². The first-order valence-corrected chi connectivity index (χ1v) is 9.84. The van der Waals surface area contributed by atoms with E-state index in [1.165, 1.54) is 0 Å². The van der Waals surface area contributed by atoms with Gasteiger partial charge < -0.3 is 5.11 Å². The molecule has 2 aromatic rings. The van der Waals surface area contributed by atoms with Crippen LogP contribution in [0.25, 0.3) is 0 Å². The van der Waals surface area contributed by atoms with Crippen LogP contribution >= 0.6 is 0 Å². The van der Waals surface area contributed by atoms with Crippen LogP contribution in [0.1, 0.15) is 43.9 Å². The summed E-state index contributed by atoms with van der Waals surface area (Å²) in [4.78, 5) is 12.6. The zero-order chi connectivity index (χ0) is 18.5. The normalized spacial score (nSPS) is 25.3. The molecule has 0 spiro atoms. The van der Waals surface area contributed by atoms with Crippen LogP contribution in [0.2, 0.25) is 0 Å². The first-order valence-electron chi connectivity index (χ1n) is 8.23. The minimum absolute atomic E-state index is 0.429. The fourth-order valence-corrected chi connectivity index (χ4v) is 5.69. The minimum atomic E-state index is -3.89. The lowest BCUT2D eigenvalue weighted by Crippen LogP contribution is -2.21. The van der Waals surface area contributed by atoms with E-state index in [1.54, 1.807) is 24.3 Å². The predicted molar refractivity (Wildman–Crippen MR) is 97.2 cm³/mol. The number of carbonyl (C=O) groups excluding carboxylic acids is 1. The fraction of sp³-hybridized carbons (Fsp3) is 0.350. The summed E-state index contributed by atoms with van der Waals surface area (Å²) in [5.74, 6) is -0.647. The Morgan fingerprint density at radius 1 is 0.800 bits per heavy atom. The second-order valence-corrected chi connectivity index (χ2v) is 9.08. The molecule has 0 radical (unpaired) electrons. The largest absolute Gasteiger partial charge is 0.384 e. The molecule has 0 aromatic heterocycles. The molecule has 3 unspecified atom stereocenters. The Bertz CT molecular complexity index is 960. The first-order chi connectivity index (χ1) is 11.6. The number of sulfone groups is 1. The molecular weight excluding hydrogens is 336 g/mol. The van der Waals surface area contributed by atoms with Gasteiger partial charge in [-0.2, -0.15) is 0 Å². The van der Waals surface area contributed by atoms with Gasteiger partial charge in [0.25, 0.3) is 0 Å². The van der Waals surface area contributed by atoms with Gasteiger partial charge in [0.2, 0.25) is 0 Å². The van der Waals surface area contributed by atoms with Crippen molar-refractivity contribution in [3.63, 3.8) is 0 Å². The highest BCUT2D eigenvalue weighted by Gasteiger charge is 2.55. The molecule has 1 saturated heterocycles. The Morgan fingerprint density at radius 3 is 1.80 bits per heavy atom. The number of Topliss-reactive ketones (excluding diaryl/α,β-unsaturated/α-hetero) is 1. The lowest BCUT2D eigenvalue weighted by molar-refractivity contribution is -0.125. The Balaban J connectivity index is 2.13. The monoisotopic (exact) mass is 358 g/mol. The lowest BCUT2D eigenvalue weighted by atomic mass is 9.96. The summed E-state index contributed by atoms with van der Waals surface area (Å²) in [7, 11) is -3.89. The number of aliphatic hydroxyl groups excluding tert-OH is 1. The second-order valence-electron chi connectivity index (χ2n) is 6.92. The van der Waals surface area contributed by atoms with E-state index in [0.717, 1.165) is 22.3 Å². The van der Waals surface area contributed by atoms with Crippen molar-refractivity contribution in [3.8, 4) is 0 Å². The molecule has 2 aromatic carbocycles. The van der Waals surface area contributed by atoms with Gasteiger partial charge in [0.15, 0.2) is 15.6 Å². The van der Waals surface area contributed by atoms with Crippen LogP contribution in [-0.4, -0.2) is 25.4 Å². The van der Waals surface area contributed by atoms with Gasteiger partial charge in [-0.1, -0.05) is 36.4 Å². The van der Waals surface area contributed by atoms with Crippen LogP contribution in [-0.2, 0) is 14.6 Å². The Labute approximate surface area is 148 Å². The Morgan fingerprint density at radius 2 is 1.28 bits per heavy atom. The molecule has 3 rings (SSSR count). The number of aryl methyl sites for hydroxylation is 4. The van der Waals surface area contributed by atoms with E-state index in [4.69, 9.17) is 0 Å². The molecule has 1 aliphatic rings. The van der Waals surface area contributed by atoms with Crippen LogP contribution in [0.4, 0.5) is 0 Å². The maximum absolute atomic E-state index is 13.1. The van der Waals surface area contributed by atoms with Crippen LogP contribution in [0, 0.1) is 27.7 Å². The van der Waals surface area contributed by atoms with Crippen molar-refractivity contribution in [1.29, 1.82) is 0 Å². The Hall–Kier alpha value is -1.98. The topological polar surface area (TPSA) is 71.4 Å². The van der Waals surface area contributed by atoms with Crippen molar-refractivity contribution < 1.29 is 18.3 Å². The predicted octanol–water partition coefficient (Wildman–Crippen LogP) is 3.06. The molecule has 0 amide bonds. The van der Waals surface area contributed by atoms with Gasteiger partial charge in [0.05, 0.1) is 0 Å². The minimum Gasteiger partial charge on any atom is -0.384 e. The van der Waals surface area contributed by atoms with Crippen molar-refractivity contribution >= 4 is 15.6 Å². The maximum Gasteiger partial charge on any atom is 0.185 e. The van der Waals surface area contributed by atoms with Crippen molar-refractivity contribution in [2.24, 2.45) is 0 Å². The van der Waals surface area contributed by atoms with E-state index in [1.807, 2.05) is 39.8 Å². The van der Waals surface area contributed by atoms with Crippen molar-refractivity contribution in [3.05, 3.63) is 69.8 Å². The summed E-state index contributed by atoms with van der Waals surface area (Å²) in [6.07, 6.45) is -1.54. The van der Waals surface area contributed by atoms with E-state index in [-0.39, 0.29) is 0 Å². The molecule has 132 valence electrons. The third-order valence-corrected chi connectivity index (χ3v) is 7.61. The van der Waals surface area contributed by atoms with Crippen molar-refractivity contribution in [2.45, 2.75) is 44.3 Å². The summed E-state index contributed by atoms with van der Waals surface area (Å²) in [6, 6.07) is 10.5. The first kappa shape index (κ1) is 17.8. The second kappa shape index (κ2) is 6.07. The summed E-state index contributed by atoms with van der Waals surface area (Å²) in [5, 5.41) is 7.91. The standard InChI is InChI=1S/C20H22O4S/c1-11-5-7-15(9-13(11)3)19-17(21)18(22)20(25(19,23)24)16-8-6-12(2)14(4)10-16/h5-10,17,19-21H,1-4H3. The molecule has 3 atom stereocenters. The molecule has 1 aliphatic heterocycles. The molecule has 25 heavy (non-hydrogen) atoms. The van der Waals surface area contributed by atoms with E-state index in [9.17, 15) is 18.3 Å². The van der Waals surface area contributed by atoms with Crippen LogP contribution in [0.3, 0.4) is 0 Å². The number of hydrogen-bond donors (Lipinski definition) is 1. The van der Waals surface area contributed by atoms with Gasteiger partial charge in [-0.25, -0.2) is 8.42 Å². The summed E-state index contributed by atoms with van der Waals surface area (Å²) < 4.78 is 26.3. The number of ketones is 1. The Kier molecular flexibility index (Phi) is 4.33. The number of rotatable bonds is 2. The highest BCUT2D eigenvalue weighted by Crippen LogP contribution is 2.45. The SMILES string of the molecule is Cc1ccc(C2C(=O)C(O)C(c3ccc(C)c(C)c3)S2(=O)=O)cc1C. The van der Waals surface area contributed by atoms with Crippen LogP contribution in [0.15, 0.2) is 36.4 Å². The summed E-state index contributed by atoms with van der Waals surface area (Å²) >= 11 is 0. The van der Waals surface area contributed by atoms with E-state index in [0.29, 0.717) is 11.1 Å². The van der Waals surface area contributed by atoms with Gasteiger partial charge in [-0.3, -0.25) is 4.79 Å². The van der Waals surface area contributed by atoms with E-state index >= 15 is 0 Å². The van der Waals surface area contributed by atoms with E-state index in [2.05, 4.69) is 0 Å². The number of aliphatic hydroxyl groups is 1. The molecular formula is C20H22O4S. The maximum atomic E-state index is 13.1. The molecule has 4 nitrogen and oxygen atoms in total. The van der Waals surface area contributed by atoms with Crippen LogP contribution in [0.5, 0.6) is 0 Å². The highest BCUT2D eigenvalue weighted by atomic mass is 32.2. The molecule has 0 bridgehead atoms. The molecule has 1 N–H and O–H groups in total. The summed E-state index contributed by atoms with van der Waals surface area (Å²) in [5.41, 5.74) is 4.81. The average molecular weight is 358 g/mol. The number of benzene rings is 2. The fourth-order valence-electron chi connectivity index (χ4n) is 3.39. The average Bonchev–Trinajstić information content (AvgIpc) is 2.71. The molecule has 0 aliphatic carbocycles. The lowest BCUT2D eigenvalue weighted by Gasteiger charge is -2.16.